The number of rotatable bonds is 3. The summed E-state index contributed by atoms with van der Waals surface area (Å²) >= 11 is 0. The highest BCUT2D eigenvalue weighted by atomic mass is 16.5. The molecule has 0 radical (unpaired) electrons. The molecule has 4 rings (SSSR count). The molecular weight excluding hydrogens is 324 g/mol. The number of aromatic nitrogens is 2. The lowest BCUT2D eigenvalue weighted by molar-refractivity contribution is -0.134. The fourth-order valence-corrected chi connectivity index (χ4v) is 3.98. The molecule has 0 saturated carbocycles. The topological polar surface area (TPSA) is 44.1 Å². The number of ether oxygens (including phenoxy) is 1. The van der Waals surface area contributed by atoms with E-state index in [9.17, 15) is 4.79 Å². The maximum absolute atomic E-state index is 11.7. The molecule has 0 aliphatic rings. The lowest BCUT2D eigenvalue weighted by Gasteiger charge is -2.11. The zero-order valence-corrected chi connectivity index (χ0v) is 15.6. The van der Waals surface area contributed by atoms with Gasteiger partial charge in [-0.2, -0.15) is 0 Å². The lowest BCUT2D eigenvalue weighted by Crippen LogP contribution is -2.05. The minimum absolute atomic E-state index is 0.217. The Morgan fingerprint density at radius 2 is 1.88 bits per heavy atom. The van der Waals surface area contributed by atoms with Gasteiger partial charge in [-0.15, -0.1) is 0 Å². The molecule has 4 aromatic rings. The Balaban J connectivity index is 2.15. The van der Waals surface area contributed by atoms with Crippen LogP contribution >= 0.6 is 0 Å². The first-order valence-corrected chi connectivity index (χ1v) is 9.06. The predicted octanol–water partition coefficient (Wildman–Crippen LogP) is 5.29. The van der Waals surface area contributed by atoms with Gasteiger partial charge in [0.05, 0.1) is 5.52 Å². The van der Waals surface area contributed by atoms with Gasteiger partial charge in [-0.05, 0) is 61.5 Å². The molecule has 0 spiro atoms. The summed E-state index contributed by atoms with van der Waals surface area (Å²) in [5, 5.41) is 4.74. The Bertz CT molecular complexity index is 1170. The van der Waals surface area contributed by atoms with Gasteiger partial charge in [-0.1, -0.05) is 6.92 Å². The summed E-state index contributed by atoms with van der Waals surface area (Å²) in [5.74, 6) is 0.383. The summed E-state index contributed by atoms with van der Waals surface area (Å²) in [6.45, 7) is 9.17. The third kappa shape index (κ3) is 2.29. The van der Waals surface area contributed by atoms with Crippen LogP contribution in [0.4, 0.5) is 0 Å². The molecule has 0 saturated heterocycles. The fourth-order valence-electron chi connectivity index (χ4n) is 3.98. The average Bonchev–Trinajstić information content (AvgIpc) is 3.00. The number of aryl methyl sites for hydroxylation is 3. The average molecular weight is 346 g/mol. The van der Waals surface area contributed by atoms with Crippen LogP contribution in [-0.2, 0) is 11.3 Å². The number of carbonyl (C=O) groups excluding carboxylic acids is 1. The summed E-state index contributed by atoms with van der Waals surface area (Å²) in [4.78, 5) is 16.0. The predicted molar refractivity (Wildman–Crippen MR) is 106 cm³/mol. The first kappa shape index (κ1) is 16.6. The van der Waals surface area contributed by atoms with Crippen LogP contribution in [-0.4, -0.2) is 15.5 Å². The van der Waals surface area contributed by atoms with Gasteiger partial charge in [0.15, 0.2) is 0 Å². The van der Waals surface area contributed by atoms with Crippen LogP contribution in [0.25, 0.3) is 32.6 Å². The molecule has 2 aromatic heterocycles. The largest absolute Gasteiger partial charge is 0.427 e. The first-order chi connectivity index (χ1) is 12.6. The molecule has 0 unspecified atom stereocenters. The lowest BCUT2D eigenvalue weighted by atomic mass is 9.97. The smallest absolute Gasteiger partial charge is 0.310 e. The second-order valence-electron chi connectivity index (χ2n) is 6.65. The molecule has 132 valence electrons. The van der Waals surface area contributed by atoms with E-state index < -0.39 is 0 Å². The number of nitrogens with zero attached hydrogens (tertiary/aromatic N) is 2. The number of pyridine rings is 1. The summed E-state index contributed by atoms with van der Waals surface area (Å²) in [5.41, 5.74) is 4.88. The Kier molecular flexibility index (Phi) is 3.91. The molecule has 0 atom stereocenters. The minimum Gasteiger partial charge on any atom is -0.427 e. The maximum atomic E-state index is 11.7. The van der Waals surface area contributed by atoms with E-state index in [1.165, 1.54) is 32.8 Å². The van der Waals surface area contributed by atoms with Gasteiger partial charge in [0, 0.05) is 47.0 Å². The van der Waals surface area contributed by atoms with Crippen LogP contribution in [0.3, 0.4) is 0 Å². The van der Waals surface area contributed by atoms with Gasteiger partial charge in [0.1, 0.15) is 5.75 Å². The zero-order chi connectivity index (χ0) is 18.4. The van der Waals surface area contributed by atoms with E-state index in [0.29, 0.717) is 12.2 Å². The van der Waals surface area contributed by atoms with E-state index in [2.05, 4.69) is 42.5 Å². The number of hydrogen-bond acceptors (Lipinski definition) is 3. The van der Waals surface area contributed by atoms with Crippen LogP contribution in [0.1, 0.15) is 31.4 Å². The summed E-state index contributed by atoms with van der Waals surface area (Å²) in [7, 11) is 0. The van der Waals surface area contributed by atoms with E-state index >= 15 is 0 Å². The van der Waals surface area contributed by atoms with E-state index in [-0.39, 0.29) is 5.97 Å². The molecule has 0 aliphatic heterocycles. The molecule has 26 heavy (non-hydrogen) atoms. The van der Waals surface area contributed by atoms with Gasteiger partial charge in [0.2, 0.25) is 0 Å². The number of benzene rings is 2. The maximum Gasteiger partial charge on any atom is 0.310 e. The minimum atomic E-state index is -0.217. The van der Waals surface area contributed by atoms with Crippen molar-refractivity contribution in [3.8, 4) is 5.75 Å². The first-order valence-electron chi connectivity index (χ1n) is 9.06. The highest BCUT2D eigenvalue weighted by Gasteiger charge is 2.18. The molecule has 0 bridgehead atoms. The highest BCUT2D eigenvalue weighted by molar-refractivity contribution is 6.17. The normalized spacial score (nSPS) is 11.5. The molecular formula is C22H22N2O2. The van der Waals surface area contributed by atoms with Crippen molar-refractivity contribution >= 4 is 38.5 Å². The van der Waals surface area contributed by atoms with Crippen LogP contribution in [0.15, 0.2) is 36.7 Å². The molecule has 0 fully saturated rings. The quantitative estimate of drug-likeness (QED) is 0.374. The fraction of sp³-hybridized carbons (Fsp3) is 0.273. The Morgan fingerprint density at radius 1 is 1.08 bits per heavy atom. The molecule has 0 N–H and O–H groups in total. The third-order valence-electron chi connectivity index (χ3n) is 5.23. The summed E-state index contributed by atoms with van der Waals surface area (Å²) in [6.07, 6.45) is 4.15. The standard InChI is InChI=1S/C22H22N2O2/c1-5-20(25)26-15-7-8-19-17(11-15)21-13(3)18-12-23-10-9-16(18)14(4)22(21)24(19)6-2/h7-12H,5-6H2,1-4H3. The molecule has 4 heteroatoms. The van der Waals surface area contributed by atoms with Crippen LogP contribution in [0.2, 0.25) is 0 Å². The Labute approximate surface area is 152 Å². The van der Waals surface area contributed by atoms with E-state index in [0.717, 1.165) is 17.4 Å². The van der Waals surface area contributed by atoms with Crippen molar-refractivity contribution in [2.45, 2.75) is 40.7 Å². The second-order valence-corrected chi connectivity index (χ2v) is 6.65. The summed E-state index contributed by atoms with van der Waals surface area (Å²) in [6, 6.07) is 8.01. The zero-order valence-electron chi connectivity index (χ0n) is 15.6. The van der Waals surface area contributed by atoms with E-state index in [1.54, 1.807) is 6.92 Å². The third-order valence-corrected chi connectivity index (χ3v) is 5.23. The van der Waals surface area contributed by atoms with Gasteiger partial charge < -0.3 is 9.30 Å². The highest BCUT2D eigenvalue weighted by Crippen LogP contribution is 2.39. The van der Waals surface area contributed by atoms with Crippen molar-refractivity contribution in [1.82, 2.24) is 9.55 Å². The molecule has 2 aromatic carbocycles. The molecule has 0 amide bonds. The van der Waals surface area contributed by atoms with E-state index in [4.69, 9.17) is 4.74 Å². The molecule has 2 heterocycles. The Morgan fingerprint density at radius 3 is 2.62 bits per heavy atom. The molecule has 0 aliphatic carbocycles. The second kappa shape index (κ2) is 6.13. The van der Waals surface area contributed by atoms with Crippen molar-refractivity contribution in [3.05, 3.63) is 47.8 Å². The van der Waals surface area contributed by atoms with E-state index in [1.807, 2.05) is 24.5 Å². The molecule has 4 nitrogen and oxygen atoms in total. The van der Waals surface area contributed by atoms with Gasteiger partial charge >= 0.3 is 5.97 Å². The van der Waals surface area contributed by atoms with Crippen LogP contribution in [0.5, 0.6) is 5.75 Å². The number of carbonyl (C=O) groups is 1. The van der Waals surface area contributed by atoms with Crippen molar-refractivity contribution in [2.75, 3.05) is 0 Å². The number of hydrogen-bond donors (Lipinski definition) is 0. The number of fused-ring (bicyclic) bond motifs is 4. The SMILES string of the molecule is CCC(=O)Oc1ccc2c(c1)c1c(C)c3cnccc3c(C)c1n2CC. The van der Waals surface area contributed by atoms with Crippen LogP contribution < -0.4 is 4.74 Å². The van der Waals surface area contributed by atoms with Crippen molar-refractivity contribution in [2.24, 2.45) is 0 Å². The summed E-state index contributed by atoms with van der Waals surface area (Å²) < 4.78 is 7.81. The van der Waals surface area contributed by atoms with Crippen molar-refractivity contribution in [1.29, 1.82) is 0 Å². The van der Waals surface area contributed by atoms with Crippen LogP contribution in [0, 0.1) is 13.8 Å². The van der Waals surface area contributed by atoms with Gasteiger partial charge in [0.25, 0.3) is 0 Å². The number of esters is 1. The monoisotopic (exact) mass is 346 g/mol. The van der Waals surface area contributed by atoms with Gasteiger partial charge in [-0.25, -0.2) is 0 Å². The van der Waals surface area contributed by atoms with Crippen molar-refractivity contribution in [3.63, 3.8) is 0 Å². The Hall–Kier alpha value is -2.88. The van der Waals surface area contributed by atoms with Gasteiger partial charge in [-0.3, -0.25) is 9.78 Å². The van der Waals surface area contributed by atoms with Crippen molar-refractivity contribution < 1.29 is 9.53 Å².